The first-order valence-corrected chi connectivity index (χ1v) is 7.46. The molecule has 0 radical (unpaired) electrons. The molecule has 1 aromatic carbocycles. The molecular weight excluding hydrogens is 266 g/mol. The molecule has 0 aliphatic carbocycles. The van der Waals surface area contributed by atoms with E-state index in [0.717, 1.165) is 36.2 Å². The Balaban J connectivity index is 1.84. The number of aryl methyl sites for hydroxylation is 1. The van der Waals surface area contributed by atoms with Gasteiger partial charge in [0.1, 0.15) is 11.3 Å². The molecule has 112 valence electrons. The van der Waals surface area contributed by atoms with Crippen molar-refractivity contribution in [3.8, 4) is 0 Å². The van der Waals surface area contributed by atoms with Crippen LogP contribution in [-0.2, 0) is 11.3 Å². The fourth-order valence-corrected chi connectivity index (χ4v) is 3.41. The van der Waals surface area contributed by atoms with Crippen LogP contribution in [0.3, 0.4) is 0 Å². The number of hydrogen-bond acceptors (Lipinski definition) is 3. The summed E-state index contributed by atoms with van der Waals surface area (Å²) in [4.78, 5) is 13.5. The maximum Gasteiger partial charge on any atom is 0.307 e. The predicted molar refractivity (Wildman–Crippen MR) is 81.1 cm³/mol. The molecule has 0 amide bonds. The van der Waals surface area contributed by atoms with Gasteiger partial charge in [0.25, 0.3) is 0 Å². The molecule has 1 N–H and O–H groups in total. The lowest BCUT2D eigenvalue weighted by Gasteiger charge is -2.34. The minimum absolute atomic E-state index is 0.257. The van der Waals surface area contributed by atoms with Gasteiger partial charge < -0.3 is 9.52 Å². The van der Waals surface area contributed by atoms with E-state index in [2.05, 4.69) is 17.9 Å². The fraction of sp³-hybridized carbons (Fsp3) is 0.471. The van der Waals surface area contributed by atoms with E-state index in [4.69, 9.17) is 4.42 Å². The summed E-state index contributed by atoms with van der Waals surface area (Å²) in [5, 5.41) is 10.4. The maximum atomic E-state index is 11.3. The normalized spacial score (nSPS) is 23.5. The van der Waals surface area contributed by atoms with E-state index < -0.39 is 5.97 Å². The Hall–Kier alpha value is -1.81. The zero-order chi connectivity index (χ0) is 15.0. The molecule has 2 atom stereocenters. The van der Waals surface area contributed by atoms with Gasteiger partial charge in [-0.15, -0.1) is 0 Å². The molecule has 1 aromatic heterocycles. The smallest absolute Gasteiger partial charge is 0.307 e. The highest BCUT2D eigenvalue weighted by Crippen LogP contribution is 2.29. The van der Waals surface area contributed by atoms with E-state index in [9.17, 15) is 9.90 Å². The molecule has 21 heavy (non-hydrogen) atoms. The summed E-state index contributed by atoms with van der Waals surface area (Å²) in [5.41, 5.74) is 2.09. The number of hydrogen-bond donors (Lipinski definition) is 1. The number of furan rings is 1. The molecule has 1 aliphatic heterocycles. The van der Waals surface area contributed by atoms with E-state index in [1.165, 1.54) is 5.56 Å². The van der Waals surface area contributed by atoms with Crippen molar-refractivity contribution in [3.63, 3.8) is 0 Å². The molecular formula is C17H21NO3. The van der Waals surface area contributed by atoms with Gasteiger partial charge in [-0.2, -0.15) is 0 Å². The van der Waals surface area contributed by atoms with Gasteiger partial charge in [-0.1, -0.05) is 25.1 Å². The Labute approximate surface area is 124 Å². The second-order valence-electron chi connectivity index (χ2n) is 6.20. The lowest BCUT2D eigenvalue weighted by atomic mass is 9.90. The molecule has 3 rings (SSSR count). The number of carboxylic acid groups (broad SMARTS) is 1. The highest BCUT2D eigenvalue weighted by atomic mass is 16.4. The zero-order valence-corrected chi connectivity index (χ0v) is 12.5. The highest BCUT2D eigenvalue weighted by Gasteiger charge is 2.30. The highest BCUT2D eigenvalue weighted by molar-refractivity contribution is 5.82. The molecule has 1 saturated heterocycles. The van der Waals surface area contributed by atoms with Gasteiger partial charge in [0.05, 0.1) is 5.92 Å². The quantitative estimate of drug-likeness (QED) is 0.941. The number of benzene rings is 1. The van der Waals surface area contributed by atoms with Crippen molar-refractivity contribution in [2.45, 2.75) is 26.8 Å². The minimum atomic E-state index is -0.680. The summed E-state index contributed by atoms with van der Waals surface area (Å²) in [5.74, 6) is 0.409. The van der Waals surface area contributed by atoms with Crippen molar-refractivity contribution in [1.82, 2.24) is 4.90 Å². The molecule has 2 aromatic rings. The second-order valence-corrected chi connectivity index (χ2v) is 6.20. The summed E-state index contributed by atoms with van der Waals surface area (Å²) in [6.07, 6.45) is 0.775. The largest absolute Gasteiger partial charge is 0.481 e. The van der Waals surface area contributed by atoms with Gasteiger partial charge in [0.15, 0.2) is 0 Å². The molecule has 0 saturated carbocycles. The number of aliphatic carboxylic acids is 1. The number of carboxylic acids is 1. The van der Waals surface area contributed by atoms with Gasteiger partial charge in [0, 0.05) is 30.6 Å². The Kier molecular flexibility index (Phi) is 3.72. The molecule has 4 nitrogen and oxygen atoms in total. The van der Waals surface area contributed by atoms with Crippen LogP contribution in [-0.4, -0.2) is 29.1 Å². The number of rotatable bonds is 3. The van der Waals surface area contributed by atoms with E-state index in [1.54, 1.807) is 0 Å². The lowest BCUT2D eigenvalue weighted by Crippen LogP contribution is -2.42. The molecule has 4 heteroatoms. The van der Waals surface area contributed by atoms with Crippen molar-refractivity contribution in [2.24, 2.45) is 11.8 Å². The van der Waals surface area contributed by atoms with E-state index >= 15 is 0 Å². The van der Waals surface area contributed by atoms with Crippen LogP contribution < -0.4 is 0 Å². The zero-order valence-electron chi connectivity index (χ0n) is 12.5. The number of nitrogens with zero attached hydrogens (tertiary/aromatic N) is 1. The van der Waals surface area contributed by atoms with Crippen molar-refractivity contribution >= 4 is 16.9 Å². The SMILES string of the molecule is Cc1oc2ccccc2c1CN1CC(C)CC(C(=O)O)C1. The second kappa shape index (κ2) is 5.53. The third kappa shape index (κ3) is 2.81. The summed E-state index contributed by atoms with van der Waals surface area (Å²) < 4.78 is 5.80. The minimum Gasteiger partial charge on any atom is -0.481 e. The molecule has 0 spiro atoms. The van der Waals surface area contributed by atoms with Gasteiger partial charge in [-0.3, -0.25) is 9.69 Å². The molecule has 2 heterocycles. The average Bonchev–Trinajstić information content (AvgIpc) is 2.75. The van der Waals surface area contributed by atoms with E-state index in [0.29, 0.717) is 12.5 Å². The van der Waals surface area contributed by atoms with Crippen molar-refractivity contribution < 1.29 is 14.3 Å². The van der Waals surface area contributed by atoms with Crippen LogP contribution in [0.15, 0.2) is 28.7 Å². The van der Waals surface area contributed by atoms with Crippen LogP contribution in [0, 0.1) is 18.8 Å². The summed E-state index contributed by atoms with van der Waals surface area (Å²) in [6.45, 7) is 6.44. The number of para-hydroxylation sites is 1. The van der Waals surface area contributed by atoms with Gasteiger partial charge >= 0.3 is 5.97 Å². The first-order valence-electron chi connectivity index (χ1n) is 7.46. The van der Waals surface area contributed by atoms with Crippen molar-refractivity contribution in [1.29, 1.82) is 0 Å². The Morgan fingerprint density at radius 3 is 2.90 bits per heavy atom. The van der Waals surface area contributed by atoms with Crippen LogP contribution in [0.2, 0.25) is 0 Å². The Bertz CT molecular complexity index is 661. The first-order chi connectivity index (χ1) is 10.0. The van der Waals surface area contributed by atoms with Crippen LogP contribution in [0.5, 0.6) is 0 Å². The van der Waals surface area contributed by atoms with Crippen LogP contribution in [0.25, 0.3) is 11.0 Å². The number of carbonyl (C=O) groups is 1. The number of fused-ring (bicyclic) bond motifs is 1. The Morgan fingerprint density at radius 2 is 2.14 bits per heavy atom. The standard InChI is InChI=1S/C17H21NO3/c1-11-7-13(17(19)20)9-18(8-11)10-15-12(2)21-16-6-4-3-5-14(15)16/h3-6,11,13H,7-10H2,1-2H3,(H,19,20). The molecule has 1 fully saturated rings. The van der Waals surface area contributed by atoms with Crippen molar-refractivity contribution in [3.05, 3.63) is 35.6 Å². The Morgan fingerprint density at radius 1 is 1.38 bits per heavy atom. The molecule has 1 aliphatic rings. The van der Waals surface area contributed by atoms with Crippen LogP contribution in [0.1, 0.15) is 24.7 Å². The number of likely N-dealkylation sites (tertiary alicyclic amines) is 1. The fourth-order valence-electron chi connectivity index (χ4n) is 3.41. The van der Waals surface area contributed by atoms with Crippen LogP contribution >= 0.6 is 0 Å². The first kappa shape index (κ1) is 14.1. The van der Waals surface area contributed by atoms with Gasteiger partial charge in [-0.05, 0) is 25.3 Å². The van der Waals surface area contributed by atoms with Crippen LogP contribution in [0.4, 0.5) is 0 Å². The topological polar surface area (TPSA) is 53.7 Å². The predicted octanol–water partition coefficient (Wildman–Crippen LogP) is 3.28. The lowest BCUT2D eigenvalue weighted by molar-refractivity contribution is -0.144. The third-order valence-corrected chi connectivity index (χ3v) is 4.37. The summed E-state index contributed by atoms with van der Waals surface area (Å²) >= 11 is 0. The molecule has 2 unspecified atom stereocenters. The van der Waals surface area contributed by atoms with Gasteiger partial charge in [0.2, 0.25) is 0 Å². The molecule has 0 bridgehead atoms. The third-order valence-electron chi connectivity index (χ3n) is 4.37. The average molecular weight is 287 g/mol. The summed E-state index contributed by atoms with van der Waals surface area (Å²) in [7, 11) is 0. The van der Waals surface area contributed by atoms with Crippen molar-refractivity contribution in [2.75, 3.05) is 13.1 Å². The number of piperidine rings is 1. The summed E-state index contributed by atoms with van der Waals surface area (Å²) in [6, 6.07) is 8.03. The van der Waals surface area contributed by atoms with Gasteiger partial charge in [-0.25, -0.2) is 0 Å². The monoisotopic (exact) mass is 287 g/mol. The maximum absolute atomic E-state index is 11.3. The van der Waals surface area contributed by atoms with E-state index in [1.807, 2.05) is 25.1 Å². The van der Waals surface area contributed by atoms with E-state index in [-0.39, 0.29) is 5.92 Å².